The van der Waals surface area contributed by atoms with Crippen LogP contribution in [0.25, 0.3) is 27.5 Å². The van der Waals surface area contributed by atoms with Crippen molar-refractivity contribution in [2.45, 2.75) is 26.1 Å². The molecule has 0 fully saturated rings. The summed E-state index contributed by atoms with van der Waals surface area (Å²) in [6, 6.07) is 20.1. The van der Waals surface area contributed by atoms with E-state index in [0.717, 1.165) is 41.7 Å². The van der Waals surface area contributed by atoms with Crippen LogP contribution >= 0.6 is 0 Å². The molecule has 180 valence electrons. The van der Waals surface area contributed by atoms with E-state index in [1.807, 2.05) is 35.0 Å². The summed E-state index contributed by atoms with van der Waals surface area (Å²) >= 11 is 0. The van der Waals surface area contributed by atoms with Gasteiger partial charge in [0.25, 0.3) is 0 Å². The molecular formula is C28H24N4O4. The highest BCUT2D eigenvalue weighted by Gasteiger charge is 2.17. The van der Waals surface area contributed by atoms with Crippen molar-refractivity contribution in [3.05, 3.63) is 110 Å². The van der Waals surface area contributed by atoms with Crippen molar-refractivity contribution in [1.29, 1.82) is 0 Å². The van der Waals surface area contributed by atoms with Gasteiger partial charge in [-0.2, -0.15) is 0 Å². The van der Waals surface area contributed by atoms with E-state index in [0.29, 0.717) is 16.4 Å². The predicted octanol–water partition coefficient (Wildman–Crippen LogP) is 3.28. The molecule has 1 aliphatic rings. The third kappa shape index (κ3) is 3.91. The summed E-state index contributed by atoms with van der Waals surface area (Å²) in [7, 11) is 0. The molecule has 2 aromatic heterocycles. The second kappa shape index (κ2) is 8.66. The maximum atomic E-state index is 12.5. The van der Waals surface area contributed by atoms with E-state index in [-0.39, 0.29) is 0 Å². The zero-order valence-corrected chi connectivity index (χ0v) is 19.5. The summed E-state index contributed by atoms with van der Waals surface area (Å²) in [5.41, 5.74) is 3.99. The molecule has 3 aromatic carbocycles. The molecule has 0 aliphatic carbocycles. The number of aliphatic carboxylic acids is 1. The quantitative estimate of drug-likeness (QED) is 0.297. The van der Waals surface area contributed by atoms with E-state index in [1.165, 1.54) is 16.7 Å². The molecule has 0 atom stereocenters. The van der Waals surface area contributed by atoms with Crippen LogP contribution in [-0.4, -0.2) is 36.6 Å². The summed E-state index contributed by atoms with van der Waals surface area (Å²) in [4.78, 5) is 41.1. The second-order valence-electron chi connectivity index (χ2n) is 9.26. The molecule has 36 heavy (non-hydrogen) atoms. The van der Waals surface area contributed by atoms with Gasteiger partial charge >= 0.3 is 17.1 Å². The van der Waals surface area contributed by atoms with Gasteiger partial charge < -0.3 is 14.7 Å². The lowest BCUT2D eigenvalue weighted by Gasteiger charge is -2.28. The van der Waals surface area contributed by atoms with E-state index in [4.69, 9.17) is 0 Å². The van der Waals surface area contributed by atoms with Gasteiger partial charge in [0.15, 0.2) is 0 Å². The molecule has 0 saturated carbocycles. The normalized spacial score (nSPS) is 13.8. The first-order valence-electron chi connectivity index (χ1n) is 11.8. The number of fused-ring (bicyclic) bond motifs is 4. The highest BCUT2D eigenvalue weighted by Crippen LogP contribution is 2.26. The van der Waals surface area contributed by atoms with Crippen molar-refractivity contribution >= 4 is 27.8 Å². The Bertz CT molecular complexity index is 1760. The maximum absolute atomic E-state index is 12.5. The number of benzene rings is 3. The lowest BCUT2D eigenvalue weighted by atomic mass is 10.00. The highest BCUT2D eigenvalue weighted by atomic mass is 16.4. The van der Waals surface area contributed by atoms with Crippen LogP contribution in [0, 0.1) is 0 Å². The lowest BCUT2D eigenvalue weighted by Crippen LogP contribution is -2.37. The number of nitrogens with one attached hydrogen (secondary N) is 1. The third-order valence-electron chi connectivity index (χ3n) is 6.90. The highest BCUT2D eigenvalue weighted by molar-refractivity contribution is 6.05. The molecule has 5 aromatic rings. The Labute approximate surface area is 205 Å². The minimum absolute atomic E-state index is 0.403. The van der Waals surface area contributed by atoms with Crippen LogP contribution < -0.4 is 11.1 Å². The fourth-order valence-electron chi connectivity index (χ4n) is 5.17. The smallest absolute Gasteiger partial charge is 0.323 e. The number of aromatic amines is 1. The molecule has 3 heterocycles. The van der Waals surface area contributed by atoms with Crippen LogP contribution in [-0.2, 0) is 30.8 Å². The van der Waals surface area contributed by atoms with Gasteiger partial charge in [-0.1, -0.05) is 36.4 Å². The van der Waals surface area contributed by atoms with Gasteiger partial charge in [-0.25, -0.2) is 0 Å². The Hall–Kier alpha value is -4.43. The van der Waals surface area contributed by atoms with E-state index in [9.17, 15) is 19.5 Å². The monoisotopic (exact) mass is 480 g/mol. The van der Waals surface area contributed by atoms with Gasteiger partial charge in [-0.15, -0.1) is 0 Å². The molecule has 0 bridgehead atoms. The number of H-pyrrole nitrogens is 1. The Morgan fingerprint density at radius 2 is 1.81 bits per heavy atom. The molecule has 8 nitrogen and oxygen atoms in total. The van der Waals surface area contributed by atoms with Gasteiger partial charge in [-0.05, 0) is 52.8 Å². The van der Waals surface area contributed by atoms with Crippen molar-refractivity contribution in [3.63, 3.8) is 0 Å². The number of hydrogen-bond acceptors (Lipinski definition) is 4. The Balaban J connectivity index is 1.37. The summed E-state index contributed by atoms with van der Waals surface area (Å²) in [5, 5.41) is 10.9. The Kier molecular flexibility index (Phi) is 5.30. The molecule has 8 heteroatoms. The van der Waals surface area contributed by atoms with Gasteiger partial charge in [0.2, 0.25) is 0 Å². The first-order valence-corrected chi connectivity index (χ1v) is 11.8. The molecule has 0 amide bonds. The molecule has 2 N–H and O–H groups in total. The number of carboxylic acids is 1. The van der Waals surface area contributed by atoms with E-state index < -0.39 is 23.6 Å². The molecule has 0 unspecified atom stereocenters. The molecule has 1 aliphatic heterocycles. The number of carboxylic acid groups (broad SMARTS) is 1. The fraction of sp³-hybridized carbons (Fsp3) is 0.179. The summed E-state index contributed by atoms with van der Waals surface area (Å²) in [6.45, 7) is 2.21. The zero-order chi connectivity index (χ0) is 24.8. The number of rotatable bonds is 5. The first kappa shape index (κ1) is 22.1. The van der Waals surface area contributed by atoms with Gasteiger partial charge in [0, 0.05) is 43.1 Å². The standard InChI is InChI=1S/C28H24N4O4/c33-25(34)17-32-26-23-13-22(7-5-20(23)6-8-24(26)29-27(35)28(32)36)31-12-9-18(15-31)14-30-11-10-19-3-1-2-4-21(19)16-30/h1-9,12-13,15H,10-11,14,16-17H2,(H,29,35)(H,33,34). The van der Waals surface area contributed by atoms with Gasteiger partial charge in [-0.3, -0.25) is 23.9 Å². The SMILES string of the molecule is O=C(O)Cn1c(=O)c(=O)[nH]c2ccc3ccc(-n4ccc(CN5CCc6ccccc6C5)c4)cc3c21. The van der Waals surface area contributed by atoms with Crippen molar-refractivity contribution in [2.24, 2.45) is 0 Å². The summed E-state index contributed by atoms with van der Waals surface area (Å²) < 4.78 is 3.06. The van der Waals surface area contributed by atoms with E-state index >= 15 is 0 Å². The van der Waals surface area contributed by atoms with E-state index in [2.05, 4.69) is 46.4 Å². The summed E-state index contributed by atoms with van der Waals surface area (Å²) in [6.07, 6.45) is 5.15. The van der Waals surface area contributed by atoms with Crippen molar-refractivity contribution in [1.82, 2.24) is 19.0 Å². The number of hydrogen-bond donors (Lipinski definition) is 2. The average Bonchev–Trinajstić information content (AvgIpc) is 3.34. The summed E-state index contributed by atoms with van der Waals surface area (Å²) in [5.74, 6) is -1.19. The van der Waals surface area contributed by atoms with Crippen molar-refractivity contribution < 1.29 is 9.90 Å². The fourth-order valence-corrected chi connectivity index (χ4v) is 5.17. The number of nitrogens with zero attached hydrogens (tertiary/aromatic N) is 3. The Morgan fingerprint density at radius 3 is 2.64 bits per heavy atom. The molecule has 0 saturated heterocycles. The van der Waals surface area contributed by atoms with Gasteiger partial charge in [0.05, 0.1) is 11.0 Å². The molecule has 0 radical (unpaired) electrons. The van der Waals surface area contributed by atoms with Crippen LogP contribution in [0.5, 0.6) is 0 Å². The van der Waals surface area contributed by atoms with Crippen LogP contribution in [0.15, 0.2) is 82.6 Å². The van der Waals surface area contributed by atoms with Crippen molar-refractivity contribution in [3.8, 4) is 5.69 Å². The Morgan fingerprint density at radius 1 is 1.00 bits per heavy atom. The van der Waals surface area contributed by atoms with Crippen molar-refractivity contribution in [2.75, 3.05) is 6.54 Å². The molecule has 0 spiro atoms. The van der Waals surface area contributed by atoms with Crippen LogP contribution in [0.2, 0.25) is 0 Å². The maximum Gasteiger partial charge on any atom is 0.323 e. The van der Waals surface area contributed by atoms with Gasteiger partial charge in [0.1, 0.15) is 6.54 Å². The van der Waals surface area contributed by atoms with E-state index in [1.54, 1.807) is 6.07 Å². The zero-order valence-electron chi connectivity index (χ0n) is 19.5. The molecule has 6 rings (SSSR count). The van der Waals surface area contributed by atoms with Crippen LogP contribution in [0.3, 0.4) is 0 Å². The lowest BCUT2D eigenvalue weighted by molar-refractivity contribution is -0.137. The first-order chi connectivity index (χ1) is 17.5. The average molecular weight is 481 g/mol. The second-order valence-corrected chi connectivity index (χ2v) is 9.26. The van der Waals surface area contributed by atoms with Crippen LogP contribution in [0.4, 0.5) is 0 Å². The third-order valence-corrected chi connectivity index (χ3v) is 6.90. The van der Waals surface area contributed by atoms with Crippen LogP contribution in [0.1, 0.15) is 16.7 Å². The predicted molar refractivity (Wildman–Crippen MR) is 138 cm³/mol. The molecular weight excluding hydrogens is 456 g/mol. The number of carbonyl (C=O) groups is 1. The topological polar surface area (TPSA) is 100 Å². The minimum atomic E-state index is -1.19. The largest absolute Gasteiger partial charge is 0.480 e. The number of aromatic nitrogens is 3. The minimum Gasteiger partial charge on any atom is -0.480 e.